The average Bonchev–Trinajstić information content (AvgIpc) is 2.68. The highest BCUT2D eigenvalue weighted by Gasteiger charge is 2.21. The van der Waals surface area contributed by atoms with Gasteiger partial charge in [0.05, 0.1) is 5.69 Å². The number of aryl methyl sites for hydroxylation is 2. The van der Waals surface area contributed by atoms with Gasteiger partial charge in [0.1, 0.15) is 5.82 Å². The van der Waals surface area contributed by atoms with E-state index in [9.17, 15) is 0 Å². The largest absolute Gasteiger partial charge is 0.353 e. The topological polar surface area (TPSA) is 61.3 Å². The number of hydrogen-bond donors (Lipinski definition) is 0. The van der Waals surface area contributed by atoms with Crippen LogP contribution in [0, 0.1) is 0 Å². The van der Waals surface area contributed by atoms with Gasteiger partial charge in [-0.25, -0.2) is 4.98 Å². The van der Waals surface area contributed by atoms with Crippen molar-refractivity contribution in [1.82, 2.24) is 20.2 Å². The normalized spacial score (nSPS) is 17.4. The molecule has 0 bridgehead atoms. The Balaban J connectivity index is 1.44. The molecule has 0 amide bonds. The summed E-state index contributed by atoms with van der Waals surface area (Å²) in [6.07, 6.45) is 6.57. The quantitative estimate of drug-likeness (QED) is 0.840. The lowest BCUT2D eigenvalue weighted by Crippen LogP contribution is -2.47. The van der Waals surface area contributed by atoms with E-state index < -0.39 is 0 Å². The molecule has 0 aromatic carbocycles. The Kier molecular flexibility index (Phi) is 4.38. The highest BCUT2D eigenvalue weighted by Crippen LogP contribution is 2.24. The molecule has 7 nitrogen and oxygen atoms in total. The van der Waals surface area contributed by atoms with E-state index in [2.05, 4.69) is 36.0 Å². The molecule has 2 aromatic heterocycles. The zero-order valence-corrected chi connectivity index (χ0v) is 15.0. The maximum absolute atomic E-state index is 4.65. The van der Waals surface area contributed by atoms with Gasteiger partial charge in [-0.2, -0.15) is 10.1 Å². The third kappa shape index (κ3) is 3.36. The molecule has 7 heteroatoms. The third-order valence-corrected chi connectivity index (χ3v) is 5.01. The number of piperazine rings is 1. The molecule has 1 saturated heterocycles. The smallest absolute Gasteiger partial charge is 0.226 e. The second kappa shape index (κ2) is 6.82. The summed E-state index contributed by atoms with van der Waals surface area (Å²) in [7, 11) is 3.93. The highest BCUT2D eigenvalue weighted by molar-refractivity contribution is 5.48. The molecule has 0 radical (unpaired) electrons. The second-order valence-corrected chi connectivity index (χ2v) is 6.96. The summed E-state index contributed by atoms with van der Waals surface area (Å²) in [5, 5.41) is 8.95. The Bertz CT molecular complexity index is 738. The van der Waals surface area contributed by atoms with Gasteiger partial charge in [-0.3, -0.25) is 0 Å². The Morgan fingerprint density at radius 3 is 2.40 bits per heavy atom. The Labute approximate surface area is 148 Å². The van der Waals surface area contributed by atoms with Gasteiger partial charge in [-0.1, -0.05) is 0 Å². The van der Waals surface area contributed by atoms with Crippen LogP contribution in [0.2, 0.25) is 0 Å². The van der Waals surface area contributed by atoms with Crippen LogP contribution in [0.5, 0.6) is 0 Å². The maximum Gasteiger partial charge on any atom is 0.226 e. The fourth-order valence-corrected chi connectivity index (χ4v) is 3.53. The van der Waals surface area contributed by atoms with Crippen LogP contribution in [0.3, 0.4) is 0 Å². The van der Waals surface area contributed by atoms with Crippen molar-refractivity contribution in [3.05, 3.63) is 29.6 Å². The summed E-state index contributed by atoms with van der Waals surface area (Å²) >= 11 is 0. The van der Waals surface area contributed by atoms with E-state index >= 15 is 0 Å². The molecular weight excluding hydrogens is 314 g/mol. The van der Waals surface area contributed by atoms with Gasteiger partial charge < -0.3 is 14.7 Å². The Hall–Kier alpha value is -2.44. The molecule has 0 atom stereocenters. The first-order valence-corrected chi connectivity index (χ1v) is 9.06. The van der Waals surface area contributed by atoms with E-state index in [-0.39, 0.29) is 0 Å². The molecule has 0 saturated carbocycles. The van der Waals surface area contributed by atoms with Crippen molar-refractivity contribution in [2.75, 3.05) is 55.0 Å². The first-order chi connectivity index (χ1) is 12.2. The van der Waals surface area contributed by atoms with Gasteiger partial charge in [-0.05, 0) is 43.4 Å². The Morgan fingerprint density at radius 1 is 0.920 bits per heavy atom. The van der Waals surface area contributed by atoms with Gasteiger partial charge in [0.25, 0.3) is 0 Å². The minimum Gasteiger partial charge on any atom is -0.353 e. The van der Waals surface area contributed by atoms with E-state index in [1.54, 1.807) is 0 Å². The number of hydrogen-bond acceptors (Lipinski definition) is 7. The number of rotatable bonds is 3. The molecule has 3 heterocycles. The van der Waals surface area contributed by atoms with Crippen LogP contribution in [0.15, 0.2) is 18.3 Å². The fraction of sp³-hybridized carbons (Fsp3) is 0.556. The second-order valence-electron chi connectivity index (χ2n) is 6.96. The first kappa shape index (κ1) is 16.1. The lowest BCUT2D eigenvalue weighted by molar-refractivity contribution is 0.623. The van der Waals surface area contributed by atoms with Gasteiger partial charge in [-0.15, -0.1) is 5.10 Å². The average molecular weight is 339 g/mol. The predicted molar refractivity (Wildman–Crippen MR) is 99.5 cm³/mol. The Morgan fingerprint density at radius 2 is 1.64 bits per heavy atom. The van der Waals surface area contributed by atoms with Crippen LogP contribution in [0.4, 0.5) is 17.6 Å². The number of nitrogens with zero attached hydrogens (tertiary/aromatic N) is 7. The van der Waals surface area contributed by atoms with Crippen molar-refractivity contribution in [3.8, 4) is 0 Å². The minimum absolute atomic E-state index is 0.750. The molecule has 1 fully saturated rings. The molecule has 132 valence electrons. The van der Waals surface area contributed by atoms with Crippen molar-refractivity contribution in [2.45, 2.75) is 25.7 Å². The number of anilines is 3. The molecule has 1 aliphatic heterocycles. The molecule has 0 spiro atoms. The van der Waals surface area contributed by atoms with Gasteiger partial charge >= 0.3 is 0 Å². The van der Waals surface area contributed by atoms with E-state index in [0.29, 0.717) is 0 Å². The summed E-state index contributed by atoms with van der Waals surface area (Å²) < 4.78 is 0. The fourth-order valence-electron chi connectivity index (χ4n) is 3.53. The van der Waals surface area contributed by atoms with Crippen molar-refractivity contribution >= 4 is 17.6 Å². The zero-order valence-electron chi connectivity index (χ0n) is 15.0. The predicted octanol–water partition coefficient (Wildman–Crippen LogP) is 1.54. The van der Waals surface area contributed by atoms with Crippen molar-refractivity contribution in [2.24, 2.45) is 0 Å². The SMILES string of the molecule is CN(C)c1nccc(N2CCN(c3cc4c(nn3)CCCC4)CC2)n1. The summed E-state index contributed by atoms with van der Waals surface area (Å²) in [6.45, 7) is 3.74. The van der Waals surface area contributed by atoms with Crippen LogP contribution < -0.4 is 14.7 Å². The minimum atomic E-state index is 0.750. The molecule has 2 aliphatic rings. The van der Waals surface area contributed by atoms with E-state index in [1.165, 1.54) is 24.1 Å². The molecular formula is C18H25N7. The third-order valence-electron chi connectivity index (χ3n) is 5.01. The maximum atomic E-state index is 4.65. The van der Waals surface area contributed by atoms with Gasteiger partial charge in [0.15, 0.2) is 5.82 Å². The number of fused-ring (bicyclic) bond motifs is 1. The number of aromatic nitrogens is 4. The summed E-state index contributed by atoms with van der Waals surface area (Å²) in [6, 6.07) is 4.24. The van der Waals surface area contributed by atoms with E-state index in [4.69, 9.17) is 0 Å². The lowest BCUT2D eigenvalue weighted by atomic mass is 9.97. The zero-order chi connectivity index (χ0) is 17.2. The summed E-state index contributed by atoms with van der Waals surface area (Å²) in [5.41, 5.74) is 2.59. The van der Waals surface area contributed by atoms with Crippen molar-refractivity contribution < 1.29 is 0 Å². The molecule has 2 aromatic rings. The van der Waals surface area contributed by atoms with Crippen LogP contribution in [-0.2, 0) is 12.8 Å². The van der Waals surface area contributed by atoms with Crippen LogP contribution in [0.1, 0.15) is 24.1 Å². The van der Waals surface area contributed by atoms with E-state index in [1.807, 2.05) is 31.3 Å². The molecule has 4 rings (SSSR count). The standard InChI is InChI=1S/C18H25N7/c1-23(2)18-19-8-7-16(20-18)24-9-11-25(12-10-24)17-13-14-5-3-4-6-15(14)21-22-17/h7-8,13H,3-6,9-12H2,1-2H3. The van der Waals surface area contributed by atoms with Crippen molar-refractivity contribution in [1.29, 1.82) is 0 Å². The monoisotopic (exact) mass is 339 g/mol. The van der Waals surface area contributed by atoms with Crippen LogP contribution in [0.25, 0.3) is 0 Å². The van der Waals surface area contributed by atoms with Gasteiger partial charge in [0, 0.05) is 46.5 Å². The molecule has 0 unspecified atom stereocenters. The first-order valence-electron chi connectivity index (χ1n) is 9.06. The van der Waals surface area contributed by atoms with E-state index in [0.717, 1.165) is 56.6 Å². The molecule has 1 aliphatic carbocycles. The molecule has 25 heavy (non-hydrogen) atoms. The molecule has 0 N–H and O–H groups in total. The van der Waals surface area contributed by atoms with Crippen LogP contribution >= 0.6 is 0 Å². The summed E-state index contributed by atoms with van der Waals surface area (Å²) in [5.74, 6) is 2.77. The van der Waals surface area contributed by atoms with Gasteiger partial charge in [0.2, 0.25) is 5.95 Å². The highest BCUT2D eigenvalue weighted by atomic mass is 15.3. The van der Waals surface area contributed by atoms with Crippen LogP contribution in [-0.4, -0.2) is 60.4 Å². The lowest BCUT2D eigenvalue weighted by Gasteiger charge is -2.36. The summed E-state index contributed by atoms with van der Waals surface area (Å²) in [4.78, 5) is 15.5. The van der Waals surface area contributed by atoms with Crippen molar-refractivity contribution in [3.63, 3.8) is 0 Å².